The van der Waals surface area contributed by atoms with Gasteiger partial charge in [-0.2, -0.15) is 0 Å². The minimum atomic E-state index is -0.357. The molecule has 2 aromatic rings. The summed E-state index contributed by atoms with van der Waals surface area (Å²) in [5, 5.41) is 5.81. The predicted molar refractivity (Wildman–Crippen MR) is 91.4 cm³/mol. The van der Waals surface area contributed by atoms with Crippen molar-refractivity contribution in [2.75, 3.05) is 30.9 Å². The topological polar surface area (TPSA) is 93.2 Å². The van der Waals surface area contributed by atoms with Crippen LogP contribution in [0.1, 0.15) is 34.2 Å². The van der Waals surface area contributed by atoms with Gasteiger partial charge in [0.05, 0.1) is 12.4 Å². The Kier molecular flexibility index (Phi) is 6.39. The molecule has 1 heterocycles. The molecule has 2 N–H and O–H groups in total. The number of Topliss-reactive ketones (excluding diaryl/α,β-unsaturated/α-hetero) is 1. The normalized spacial score (nSPS) is 10.2. The lowest BCUT2D eigenvalue weighted by molar-refractivity contribution is 0.101. The second kappa shape index (κ2) is 8.73. The van der Waals surface area contributed by atoms with E-state index in [2.05, 4.69) is 20.6 Å². The summed E-state index contributed by atoms with van der Waals surface area (Å²) >= 11 is 0. The molecular formula is C17H20N4O3. The molecule has 0 unspecified atom stereocenters. The second-order valence-corrected chi connectivity index (χ2v) is 5.15. The number of benzene rings is 1. The van der Waals surface area contributed by atoms with Crippen molar-refractivity contribution >= 4 is 23.2 Å². The maximum absolute atomic E-state index is 12.1. The molecule has 0 fully saturated rings. The standard InChI is InChI=1S/C17H20N4O3/c1-12(22)13-4-6-14(7-5-13)21-17(23)15-10-20-16(11-19-15)18-8-3-9-24-2/h4-7,10-11H,3,8-9H2,1-2H3,(H,18,20)(H,21,23). The van der Waals surface area contributed by atoms with Crippen LogP contribution < -0.4 is 10.6 Å². The van der Waals surface area contributed by atoms with Gasteiger partial charge in [-0.15, -0.1) is 0 Å². The van der Waals surface area contributed by atoms with Gasteiger partial charge in [-0.05, 0) is 37.6 Å². The second-order valence-electron chi connectivity index (χ2n) is 5.15. The lowest BCUT2D eigenvalue weighted by atomic mass is 10.1. The minimum absolute atomic E-state index is 0.0210. The van der Waals surface area contributed by atoms with Crippen LogP contribution in [0.5, 0.6) is 0 Å². The third kappa shape index (κ3) is 5.13. The molecule has 0 radical (unpaired) electrons. The predicted octanol–water partition coefficient (Wildman–Crippen LogP) is 2.38. The van der Waals surface area contributed by atoms with Crippen molar-refractivity contribution in [1.29, 1.82) is 0 Å². The van der Waals surface area contributed by atoms with Crippen molar-refractivity contribution in [3.8, 4) is 0 Å². The van der Waals surface area contributed by atoms with Crippen LogP contribution in [0, 0.1) is 0 Å². The van der Waals surface area contributed by atoms with Crippen LogP contribution in [0.4, 0.5) is 11.5 Å². The zero-order valence-corrected chi connectivity index (χ0v) is 13.7. The molecule has 1 aromatic heterocycles. The lowest BCUT2D eigenvalue weighted by Gasteiger charge is -2.07. The van der Waals surface area contributed by atoms with Crippen molar-refractivity contribution in [3.05, 3.63) is 47.9 Å². The molecule has 7 nitrogen and oxygen atoms in total. The highest BCUT2D eigenvalue weighted by atomic mass is 16.5. The van der Waals surface area contributed by atoms with Gasteiger partial charge in [-0.3, -0.25) is 9.59 Å². The van der Waals surface area contributed by atoms with Crippen LogP contribution in [0.15, 0.2) is 36.7 Å². The van der Waals surface area contributed by atoms with Crippen LogP contribution >= 0.6 is 0 Å². The Morgan fingerprint density at radius 2 is 1.88 bits per heavy atom. The Balaban J connectivity index is 1.91. The number of hydrogen-bond donors (Lipinski definition) is 2. The first-order chi connectivity index (χ1) is 11.6. The van der Waals surface area contributed by atoms with Crippen LogP contribution in [-0.2, 0) is 4.74 Å². The summed E-state index contributed by atoms with van der Waals surface area (Å²) in [5.74, 6) is 0.227. The summed E-state index contributed by atoms with van der Waals surface area (Å²) in [6.07, 6.45) is 3.79. The van der Waals surface area contributed by atoms with E-state index in [1.165, 1.54) is 19.3 Å². The largest absolute Gasteiger partial charge is 0.385 e. The third-order valence-electron chi connectivity index (χ3n) is 3.27. The molecule has 0 bridgehead atoms. The maximum atomic E-state index is 12.1. The quantitative estimate of drug-likeness (QED) is 0.571. The van der Waals surface area contributed by atoms with Crippen LogP contribution in [-0.4, -0.2) is 41.9 Å². The number of methoxy groups -OCH3 is 1. The number of ether oxygens (including phenoxy) is 1. The van der Waals surface area contributed by atoms with Gasteiger partial charge in [0.1, 0.15) is 11.5 Å². The molecule has 1 aromatic carbocycles. The number of amides is 1. The number of hydrogen-bond acceptors (Lipinski definition) is 6. The lowest BCUT2D eigenvalue weighted by Crippen LogP contribution is -2.15. The molecular weight excluding hydrogens is 308 g/mol. The van der Waals surface area contributed by atoms with E-state index in [4.69, 9.17) is 4.74 Å². The molecule has 0 aliphatic carbocycles. The minimum Gasteiger partial charge on any atom is -0.385 e. The van der Waals surface area contributed by atoms with Gasteiger partial charge >= 0.3 is 0 Å². The van der Waals surface area contributed by atoms with E-state index < -0.39 is 0 Å². The van der Waals surface area contributed by atoms with E-state index in [0.29, 0.717) is 23.7 Å². The number of rotatable bonds is 8. The fourth-order valence-electron chi connectivity index (χ4n) is 1.95. The molecule has 0 spiro atoms. The van der Waals surface area contributed by atoms with Gasteiger partial charge in [0.25, 0.3) is 5.91 Å². The van der Waals surface area contributed by atoms with Crippen LogP contribution in [0.25, 0.3) is 0 Å². The first kappa shape index (κ1) is 17.6. The molecule has 126 valence electrons. The number of carbonyl (C=O) groups is 2. The van der Waals surface area contributed by atoms with E-state index in [0.717, 1.165) is 13.0 Å². The van der Waals surface area contributed by atoms with Crippen molar-refractivity contribution in [2.45, 2.75) is 13.3 Å². The van der Waals surface area contributed by atoms with Crippen LogP contribution in [0.3, 0.4) is 0 Å². The first-order valence-corrected chi connectivity index (χ1v) is 7.57. The SMILES string of the molecule is COCCCNc1cnc(C(=O)Nc2ccc(C(C)=O)cc2)cn1. The number of carbonyl (C=O) groups excluding carboxylic acids is 2. The number of nitrogens with zero attached hydrogens (tertiary/aromatic N) is 2. The summed E-state index contributed by atoms with van der Waals surface area (Å²) in [5.41, 5.74) is 1.40. The van der Waals surface area contributed by atoms with Crippen molar-refractivity contribution in [1.82, 2.24) is 9.97 Å². The Morgan fingerprint density at radius 3 is 2.46 bits per heavy atom. The molecule has 0 atom stereocenters. The highest BCUT2D eigenvalue weighted by Gasteiger charge is 2.09. The van der Waals surface area contributed by atoms with Crippen molar-refractivity contribution < 1.29 is 14.3 Å². The van der Waals surface area contributed by atoms with E-state index in [9.17, 15) is 9.59 Å². The average molecular weight is 328 g/mol. The Bertz CT molecular complexity index is 684. The van der Waals surface area contributed by atoms with Gasteiger partial charge in [0, 0.05) is 31.5 Å². The van der Waals surface area contributed by atoms with Crippen molar-refractivity contribution in [3.63, 3.8) is 0 Å². The molecule has 2 rings (SSSR count). The fourth-order valence-corrected chi connectivity index (χ4v) is 1.95. The van der Waals surface area contributed by atoms with Gasteiger partial charge in [-0.1, -0.05) is 0 Å². The van der Waals surface area contributed by atoms with Gasteiger partial charge < -0.3 is 15.4 Å². The molecule has 1 amide bonds. The van der Waals surface area contributed by atoms with E-state index in [1.807, 2.05) is 0 Å². The molecule has 0 aliphatic rings. The zero-order valence-electron chi connectivity index (χ0n) is 13.7. The zero-order chi connectivity index (χ0) is 17.4. The van der Waals surface area contributed by atoms with Gasteiger partial charge in [-0.25, -0.2) is 9.97 Å². The summed E-state index contributed by atoms with van der Waals surface area (Å²) in [7, 11) is 1.65. The highest BCUT2D eigenvalue weighted by molar-refractivity contribution is 6.03. The highest BCUT2D eigenvalue weighted by Crippen LogP contribution is 2.11. The Labute approximate surface area is 140 Å². The molecule has 0 saturated heterocycles. The third-order valence-corrected chi connectivity index (χ3v) is 3.27. The Hall–Kier alpha value is -2.80. The average Bonchev–Trinajstić information content (AvgIpc) is 2.59. The summed E-state index contributed by atoms with van der Waals surface area (Å²) in [4.78, 5) is 31.6. The fraction of sp³-hybridized carbons (Fsp3) is 0.294. The van der Waals surface area contributed by atoms with Gasteiger partial charge in [0.15, 0.2) is 5.78 Å². The molecule has 0 saturated carbocycles. The first-order valence-electron chi connectivity index (χ1n) is 7.57. The molecule has 7 heteroatoms. The van der Waals surface area contributed by atoms with Crippen molar-refractivity contribution in [2.24, 2.45) is 0 Å². The number of aromatic nitrogens is 2. The van der Waals surface area contributed by atoms with Crippen LogP contribution in [0.2, 0.25) is 0 Å². The maximum Gasteiger partial charge on any atom is 0.275 e. The number of nitrogens with one attached hydrogen (secondary N) is 2. The molecule has 0 aliphatic heterocycles. The van der Waals surface area contributed by atoms with E-state index >= 15 is 0 Å². The smallest absolute Gasteiger partial charge is 0.275 e. The monoisotopic (exact) mass is 328 g/mol. The summed E-state index contributed by atoms with van der Waals surface area (Å²) < 4.78 is 4.96. The number of anilines is 2. The van der Waals surface area contributed by atoms with E-state index in [1.54, 1.807) is 31.4 Å². The Morgan fingerprint density at radius 1 is 1.12 bits per heavy atom. The number of ketones is 1. The van der Waals surface area contributed by atoms with E-state index in [-0.39, 0.29) is 17.4 Å². The van der Waals surface area contributed by atoms with Gasteiger partial charge in [0.2, 0.25) is 0 Å². The summed E-state index contributed by atoms with van der Waals surface area (Å²) in [6.45, 7) is 2.88. The molecule has 24 heavy (non-hydrogen) atoms. The summed E-state index contributed by atoms with van der Waals surface area (Å²) in [6, 6.07) is 6.68.